The predicted molar refractivity (Wildman–Crippen MR) is 90.3 cm³/mol. The molecule has 2 heterocycles. The van der Waals surface area contributed by atoms with Crippen LogP contribution < -0.4 is 10.9 Å². The van der Waals surface area contributed by atoms with Crippen LogP contribution in [0.15, 0.2) is 40.0 Å². The van der Waals surface area contributed by atoms with Gasteiger partial charge < -0.3 is 5.32 Å². The number of benzene rings is 1. The number of hydrogen-bond donors (Lipinski definition) is 1. The van der Waals surface area contributed by atoms with Crippen molar-refractivity contribution in [2.45, 2.75) is 13.5 Å². The van der Waals surface area contributed by atoms with Gasteiger partial charge in [-0.25, -0.2) is 4.98 Å². The van der Waals surface area contributed by atoms with E-state index in [0.29, 0.717) is 16.7 Å². The molecule has 0 bridgehead atoms. The van der Waals surface area contributed by atoms with Crippen molar-refractivity contribution in [2.24, 2.45) is 7.05 Å². The van der Waals surface area contributed by atoms with E-state index in [1.807, 2.05) is 25.1 Å². The molecule has 0 unspecified atom stereocenters. The summed E-state index contributed by atoms with van der Waals surface area (Å²) < 4.78 is 3.57. The van der Waals surface area contributed by atoms with Crippen molar-refractivity contribution in [3.63, 3.8) is 0 Å². The van der Waals surface area contributed by atoms with Gasteiger partial charge in [0.2, 0.25) is 5.91 Å². The van der Waals surface area contributed by atoms with Crippen molar-refractivity contribution >= 4 is 38.6 Å². The summed E-state index contributed by atoms with van der Waals surface area (Å²) in [4.78, 5) is 28.7. The Morgan fingerprint density at radius 2 is 2.17 bits per heavy atom. The van der Waals surface area contributed by atoms with Crippen molar-refractivity contribution in [3.05, 3.63) is 51.1 Å². The van der Waals surface area contributed by atoms with Crippen molar-refractivity contribution in [1.82, 2.24) is 19.3 Å². The highest BCUT2D eigenvalue weighted by molar-refractivity contribution is 9.10. The van der Waals surface area contributed by atoms with E-state index in [1.165, 1.54) is 21.8 Å². The van der Waals surface area contributed by atoms with Crippen LogP contribution in [0.1, 0.15) is 5.56 Å². The van der Waals surface area contributed by atoms with Crippen LogP contribution in [0, 0.1) is 6.92 Å². The van der Waals surface area contributed by atoms with Gasteiger partial charge >= 0.3 is 0 Å². The number of aryl methyl sites for hydroxylation is 2. The summed E-state index contributed by atoms with van der Waals surface area (Å²) in [6.45, 7) is 1.85. The number of fused-ring (bicyclic) bond motifs is 1. The molecule has 3 aromatic rings. The fourth-order valence-corrected chi connectivity index (χ4v) is 2.84. The third kappa shape index (κ3) is 3.02. The molecule has 0 saturated carbocycles. The summed E-state index contributed by atoms with van der Waals surface area (Å²) in [6.07, 6.45) is 2.81. The molecular formula is C15H14BrN5O2. The van der Waals surface area contributed by atoms with E-state index < -0.39 is 0 Å². The van der Waals surface area contributed by atoms with Gasteiger partial charge in [0.15, 0.2) is 5.65 Å². The zero-order chi connectivity index (χ0) is 16.6. The first kappa shape index (κ1) is 15.4. The van der Waals surface area contributed by atoms with E-state index in [4.69, 9.17) is 0 Å². The van der Waals surface area contributed by atoms with Gasteiger partial charge in [0.1, 0.15) is 18.3 Å². The third-order valence-electron chi connectivity index (χ3n) is 3.43. The molecule has 23 heavy (non-hydrogen) atoms. The number of aromatic nitrogens is 4. The number of carbonyl (C=O) groups excluding carboxylic acids is 1. The minimum Gasteiger partial charge on any atom is -0.324 e. The maximum absolute atomic E-state index is 12.3. The van der Waals surface area contributed by atoms with Crippen LogP contribution in [0.4, 0.5) is 5.69 Å². The average Bonchev–Trinajstić information content (AvgIpc) is 2.87. The maximum Gasteiger partial charge on any atom is 0.264 e. The van der Waals surface area contributed by atoms with Gasteiger partial charge in [-0.05, 0) is 40.5 Å². The van der Waals surface area contributed by atoms with Crippen LogP contribution in [0.3, 0.4) is 0 Å². The minimum absolute atomic E-state index is 0.114. The maximum atomic E-state index is 12.3. The first-order chi connectivity index (χ1) is 11.0. The largest absolute Gasteiger partial charge is 0.324 e. The second-order valence-electron chi connectivity index (χ2n) is 5.21. The smallest absolute Gasteiger partial charge is 0.264 e. The lowest BCUT2D eigenvalue weighted by atomic mass is 10.2. The lowest BCUT2D eigenvalue weighted by Gasteiger charge is -2.09. The van der Waals surface area contributed by atoms with Crippen LogP contribution in [0.2, 0.25) is 0 Å². The number of hydrogen-bond acceptors (Lipinski definition) is 4. The average molecular weight is 376 g/mol. The molecule has 0 saturated heterocycles. The molecule has 0 fully saturated rings. The van der Waals surface area contributed by atoms with Crippen molar-refractivity contribution < 1.29 is 4.79 Å². The lowest BCUT2D eigenvalue weighted by Crippen LogP contribution is -2.27. The Kier molecular flexibility index (Phi) is 3.99. The molecular weight excluding hydrogens is 362 g/mol. The molecule has 118 valence electrons. The number of nitrogens with one attached hydrogen (secondary N) is 1. The van der Waals surface area contributed by atoms with E-state index in [1.54, 1.807) is 7.05 Å². The molecule has 0 atom stereocenters. The zero-order valence-electron chi connectivity index (χ0n) is 12.6. The van der Waals surface area contributed by atoms with Crippen LogP contribution >= 0.6 is 15.9 Å². The van der Waals surface area contributed by atoms with Crippen LogP contribution in [0.5, 0.6) is 0 Å². The summed E-state index contributed by atoms with van der Waals surface area (Å²) >= 11 is 3.40. The molecule has 1 amide bonds. The van der Waals surface area contributed by atoms with Gasteiger partial charge in [-0.1, -0.05) is 6.07 Å². The van der Waals surface area contributed by atoms with Crippen LogP contribution in [0.25, 0.3) is 11.0 Å². The molecule has 0 spiro atoms. The first-order valence-electron chi connectivity index (χ1n) is 6.89. The Balaban J connectivity index is 1.83. The van der Waals surface area contributed by atoms with Gasteiger partial charge in [-0.3, -0.25) is 18.8 Å². The molecule has 8 heteroatoms. The van der Waals surface area contributed by atoms with E-state index in [0.717, 1.165) is 10.0 Å². The highest BCUT2D eigenvalue weighted by Crippen LogP contribution is 2.23. The van der Waals surface area contributed by atoms with Crippen molar-refractivity contribution in [2.75, 3.05) is 5.32 Å². The predicted octanol–water partition coefficient (Wildman–Crippen LogP) is 1.84. The number of nitrogens with zero attached hydrogens (tertiary/aromatic N) is 4. The van der Waals surface area contributed by atoms with E-state index in [9.17, 15) is 9.59 Å². The SMILES string of the molecule is Cc1ccc(NC(=O)Cn2cnc3c(cnn3C)c2=O)c(Br)c1. The quantitative estimate of drug-likeness (QED) is 0.756. The van der Waals surface area contributed by atoms with E-state index in [-0.39, 0.29) is 18.0 Å². The van der Waals surface area contributed by atoms with Crippen molar-refractivity contribution in [1.29, 1.82) is 0 Å². The lowest BCUT2D eigenvalue weighted by molar-refractivity contribution is -0.116. The summed E-state index contributed by atoms with van der Waals surface area (Å²) in [5.74, 6) is -0.304. The van der Waals surface area contributed by atoms with Gasteiger partial charge in [-0.2, -0.15) is 5.10 Å². The Morgan fingerprint density at radius 3 is 2.91 bits per heavy atom. The molecule has 3 rings (SSSR count). The van der Waals surface area contributed by atoms with Crippen LogP contribution in [-0.4, -0.2) is 25.2 Å². The second-order valence-corrected chi connectivity index (χ2v) is 6.07. The molecule has 0 aliphatic heterocycles. The zero-order valence-corrected chi connectivity index (χ0v) is 14.2. The number of halogens is 1. The highest BCUT2D eigenvalue weighted by atomic mass is 79.9. The Bertz CT molecular complexity index is 960. The standard InChI is InChI=1S/C15H14BrN5O2/c1-9-3-4-12(11(16)5-9)19-13(22)7-21-8-17-14-10(15(21)23)6-18-20(14)2/h3-6,8H,7H2,1-2H3,(H,19,22). The van der Waals surface area contributed by atoms with E-state index >= 15 is 0 Å². The Morgan fingerprint density at radius 1 is 1.39 bits per heavy atom. The molecule has 0 aliphatic rings. The number of amides is 1. The fourth-order valence-electron chi connectivity index (χ4n) is 2.25. The van der Waals surface area contributed by atoms with Gasteiger partial charge in [0, 0.05) is 11.5 Å². The molecule has 0 aliphatic carbocycles. The first-order valence-corrected chi connectivity index (χ1v) is 7.68. The molecule has 1 N–H and O–H groups in total. The van der Waals surface area contributed by atoms with Gasteiger partial charge in [-0.15, -0.1) is 0 Å². The number of rotatable bonds is 3. The van der Waals surface area contributed by atoms with Gasteiger partial charge in [0.25, 0.3) is 5.56 Å². The fraction of sp³-hybridized carbons (Fsp3) is 0.200. The normalized spacial score (nSPS) is 10.9. The summed E-state index contributed by atoms with van der Waals surface area (Å²) in [7, 11) is 1.71. The Hall–Kier alpha value is -2.48. The summed E-state index contributed by atoms with van der Waals surface area (Å²) in [5.41, 5.74) is 1.94. The minimum atomic E-state index is -0.304. The van der Waals surface area contributed by atoms with Gasteiger partial charge in [0.05, 0.1) is 11.9 Å². The summed E-state index contributed by atoms with van der Waals surface area (Å²) in [6, 6.07) is 5.61. The molecule has 7 nitrogen and oxygen atoms in total. The molecule has 1 aromatic carbocycles. The Labute approximate surface area is 140 Å². The third-order valence-corrected chi connectivity index (χ3v) is 4.09. The number of anilines is 1. The topological polar surface area (TPSA) is 81.8 Å². The van der Waals surface area contributed by atoms with Crippen LogP contribution in [-0.2, 0) is 18.4 Å². The summed E-state index contributed by atoms with van der Waals surface area (Å²) in [5, 5.41) is 7.16. The molecule has 2 aromatic heterocycles. The van der Waals surface area contributed by atoms with E-state index in [2.05, 4.69) is 31.3 Å². The number of carbonyl (C=O) groups is 1. The molecule has 0 radical (unpaired) electrons. The highest BCUT2D eigenvalue weighted by Gasteiger charge is 2.11. The monoisotopic (exact) mass is 375 g/mol. The van der Waals surface area contributed by atoms with Crippen molar-refractivity contribution in [3.8, 4) is 0 Å². The second kappa shape index (κ2) is 5.96.